The zero-order valence-electron chi connectivity index (χ0n) is 13.9. The summed E-state index contributed by atoms with van der Waals surface area (Å²) in [6.45, 7) is 8.77. The predicted octanol–water partition coefficient (Wildman–Crippen LogP) is 1.34. The lowest BCUT2D eigenvalue weighted by Gasteiger charge is -2.36. The number of nitrogens with one attached hydrogen (secondary N) is 1. The summed E-state index contributed by atoms with van der Waals surface area (Å²) in [6.07, 6.45) is 2.95. The van der Waals surface area contributed by atoms with E-state index >= 15 is 0 Å². The van der Waals surface area contributed by atoms with E-state index in [2.05, 4.69) is 10.2 Å². The normalized spacial score (nSPS) is 19.3. The van der Waals surface area contributed by atoms with Gasteiger partial charge in [-0.25, -0.2) is 4.79 Å². The number of rotatable bonds is 6. The summed E-state index contributed by atoms with van der Waals surface area (Å²) in [4.78, 5) is 14.0. The average Bonchev–Trinajstić information content (AvgIpc) is 2.42. The van der Waals surface area contributed by atoms with Crippen LogP contribution in [0.3, 0.4) is 0 Å². The van der Waals surface area contributed by atoms with Gasteiger partial charge in [-0.15, -0.1) is 0 Å². The van der Waals surface area contributed by atoms with Gasteiger partial charge in [0, 0.05) is 39.3 Å². The second-order valence-corrected chi connectivity index (χ2v) is 6.58. The highest BCUT2D eigenvalue weighted by atomic mass is 16.6. The summed E-state index contributed by atoms with van der Waals surface area (Å²) >= 11 is 0. The maximum atomic E-state index is 11.6. The summed E-state index contributed by atoms with van der Waals surface area (Å²) in [5, 5.41) is 2.79. The predicted molar refractivity (Wildman–Crippen MR) is 83.3 cm³/mol. The molecule has 1 unspecified atom stereocenters. The van der Waals surface area contributed by atoms with Gasteiger partial charge in [-0.05, 0) is 40.0 Å². The molecule has 1 aliphatic rings. The zero-order valence-corrected chi connectivity index (χ0v) is 13.9. The summed E-state index contributed by atoms with van der Waals surface area (Å²) < 4.78 is 10.6. The fourth-order valence-corrected chi connectivity index (χ4v) is 2.58. The van der Waals surface area contributed by atoms with Gasteiger partial charge in [0.2, 0.25) is 0 Å². The van der Waals surface area contributed by atoms with Gasteiger partial charge in [-0.1, -0.05) is 0 Å². The highest BCUT2D eigenvalue weighted by Gasteiger charge is 2.24. The van der Waals surface area contributed by atoms with Crippen LogP contribution in [0.25, 0.3) is 0 Å². The molecule has 1 amide bonds. The molecule has 0 aromatic carbocycles. The Labute approximate surface area is 128 Å². The van der Waals surface area contributed by atoms with E-state index in [0.29, 0.717) is 25.2 Å². The van der Waals surface area contributed by atoms with E-state index in [4.69, 9.17) is 15.2 Å². The molecular weight excluding hydrogens is 270 g/mol. The quantitative estimate of drug-likeness (QED) is 0.774. The first-order valence-electron chi connectivity index (χ1n) is 7.79. The molecule has 0 aromatic rings. The molecule has 0 spiro atoms. The molecule has 3 N–H and O–H groups in total. The molecule has 1 rings (SSSR count). The van der Waals surface area contributed by atoms with Gasteiger partial charge in [0.05, 0.1) is 6.10 Å². The van der Waals surface area contributed by atoms with Crippen molar-refractivity contribution in [2.45, 2.75) is 57.8 Å². The van der Waals surface area contributed by atoms with Gasteiger partial charge in [0.25, 0.3) is 0 Å². The zero-order chi connectivity index (χ0) is 15.9. The third kappa shape index (κ3) is 7.11. The first kappa shape index (κ1) is 18.2. The molecule has 21 heavy (non-hydrogen) atoms. The minimum Gasteiger partial charge on any atom is -0.444 e. The number of nitrogens with two attached hydrogens (primary N) is 1. The van der Waals surface area contributed by atoms with Crippen molar-refractivity contribution in [1.82, 2.24) is 10.2 Å². The number of ether oxygens (including phenoxy) is 2. The molecule has 0 aromatic heterocycles. The van der Waals surface area contributed by atoms with Gasteiger partial charge in [-0.3, -0.25) is 4.90 Å². The molecule has 1 atom stereocenters. The number of nitrogens with zero attached hydrogens (tertiary/aromatic N) is 1. The molecule has 1 fully saturated rings. The van der Waals surface area contributed by atoms with Crippen LogP contribution in [0.1, 0.15) is 40.0 Å². The summed E-state index contributed by atoms with van der Waals surface area (Å²) in [6, 6.07) is 0.303. The Bertz CT molecular complexity index is 310. The van der Waals surface area contributed by atoms with Crippen molar-refractivity contribution in [3.8, 4) is 0 Å². The van der Waals surface area contributed by atoms with Crippen molar-refractivity contribution in [1.29, 1.82) is 0 Å². The molecular formula is C15H31N3O3. The van der Waals surface area contributed by atoms with Crippen molar-refractivity contribution in [3.05, 3.63) is 0 Å². The minimum atomic E-state index is -0.459. The molecule has 0 bridgehead atoms. The van der Waals surface area contributed by atoms with Crippen LogP contribution in [0.4, 0.5) is 4.79 Å². The molecule has 1 saturated heterocycles. The van der Waals surface area contributed by atoms with Gasteiger partial charge in [0.15, 0.2) is 0 Å². The monoisotopic (exact) mass is 301 g/mol. The van der Waals surface area contributed by atoms with Crippen molar-refractivity contribution >= 4 is 6.09 Å². The minimum absolute atomic E-state index is 0.303. The fourth-order valence-electron chi connectivity index (χ4n) is 2.58. The highest BCUT2D eigenvalue weighted by molar-refractivity contribution is 5.67. The van der Waals surface area contributed by atoms with Crippen LogP contribution in [0, 0.1) is 0 Å². The lowest BCUT2D eigenvalue weighted by molar-refractivity contribution is 0.0266. The molecule has 124 valence electrons. The molecule has 1 heterocycles. The molecule has 1 aliphatic heterocycles. The van der Waals surface area contributed by atoms with E-state index < -0.39 is 5.60 Å². The number of amides is 1. The topological polar surface area (TPSA) is 76.8 Å². The Hall–Kier alpha value is -0.850. The maximum Gasteiger partial charge on any atom is 0.407 e. The third-order valence-electron chi connectivity index (χ3n) is 3.74. The Morgan fingerprint density at radius 3 is 2.48 bits per heavy atom. The highest BCUT2D eigenvalue weighted by Crippen LogP contribution is 2.16. The number of carbonyl (C=O) groups is 1. The van der Waals surface area contributed by atoms with E-state index in [1.54, 1.807) is 7.11 Å². The van der Waals surface area contributed by atoms with Crippen LogP contribution in [-0.4, -0.2) is 62.0 Å². The number of likely N-dealkylation sites (tertiary alicyclic amines) is 1. The van der Waals surface area contributed by atoms with Crippen LogP contribution in [-0.2, 0) is 9.47 Å². The van der Waals surface area contributed by atoms with E-state index in [0.717, 1.165) is 32.4 Å². The van der Waals surface area contributed by atoms with Crippen LogP contribution < -0.4 is 11.1 Å². The molecule has 6 heteroatoms. The second kappa shape index (κ2) is 8.56. The summed E-state index contributed by atoms with van der Waals surface area (Å²) in [7, 11) is 1.77. The van der Waals surface area contributed by atoms with E-state index in [9.17, 15) is 4.79 Å². The van der Waals surface area contributed by atoms with Crippen molar-refractivity contribution in [3.63, 3.8) is 0 Å². The Morgan fingerprint density at radius 1 is 1.38 bits per heavy atom. The van der Waals surface area contributed by atoms with Crippen molar-refractivity contribution in [2.24, 2.45) is 5.73 Å². The molecule has 0 aliphatic carbocycles. The van der Waals surface area contributed by atoms with Crippen LogP contribution >= 0.6 is 0 Å². The van der Waals surface area contributed by atoms with E-state index in [1.807, 2.05) is 20.8 Å². The number of piperidine rings is 1. The van der Waals surface area contributed by atoms with Crippen LogP contribution in [0.5, 0.6) is 0 Å². The van der Waals surface area contributed by atoms with Crippen LogP contribution in [0.2, 0.25) is 0 Å². The maximum absolute atomic E-state index is 11.6. The first-order valence-corrected chi connectivity index (χ1v) is 7.79. The lowest BCUT2D eigenvalue weighted by atomic mass is 10.0. The van der Waals surface area contributed by atoms with Crippen molar-refractivity contribution in [2.75, 3.05) is 33.3 Å². The molecule has 0 radical (unpaired) electrons. The smallest absolute Gasteiger partial charge is 0.407 e. The van der Waals surface area contributed by atoms with E-state index in [-0.39, 0.29) is 6.09 Å². The Balaban J connectivity index is 2.27. The van der Waals surface area contributed by atoms with Gasteiger partial charge < -0.3 is 20.5 Å². The molecule has 0 saturated carbocycles. The van der Waals surface area contributed by atoms with Gasteiger partial charge in [-0.2, -0.15) is 0 Å². The number of alkyl carbamates (subject to hydrolysis) is 1. The van der Waals surface area contributed by atoms with Crippen LogP contribution in [0.15, 0.2) is 0 Å². The largest absolute Gasteiger partial charge is 0.444 e. The van der Waals surface area contributed by atoms with Crippen molar-refractivity contribution < 1.29 is 14.3 Å². The summed E-state index contributed by atoms with van der Waals surface area (Å²) in [5.41, 5.74) is 5.41. The number of hydrogen-bond donors (Lipinski definition) is 2. The standard InChI is InChI=1S/C15H31N3O3/c1-15(2,3)21-14(19)17-8-5-12(11-16)18-9-6-13(20-4)7-10-18/h12-13H,5-11,16H2,1-4H3,(H,17,19). The molecule has 6 nitrogen and oxygen atoms in total. The Morgan fingerprint density at radius 2 is 2.00 bits per heavy atom. The van der Waals surface area contributed by atoms with Gasteiger partial charge in [0.1, 0.15) is 5.60 Å². The fraction of sp³-hybridized carbons (Fsp3) is 0.933. The summed E-state index contributed by atoms with van der Waals surface area (Å²) in [5.74, 6) is 0. The number of hydrogen-bond acceptors (Lipinski definition) is 5. The average molecular weight is 301 g/mol. The Kier molecular flexibility index (Phi) is 7.42. The lowest BCUT2D eigenvalue weighted by Crippen LogP contribution is -2.47. The first-order chi connectivity index (χ1) is 9.85. The van der Waals surface area contributed by atoms with E-state index in [1.165, 1.54) is 0 Å². The SMILES string of the molecule is COC1CCN(C(CN)CCNC(=O)OC(C)(C)C)CC1. The third-order valence-corrected chi connectivity index (χ3v) is 3.74. The number of methoxy groups -OCH3 is 1. The number of carbonyl (C=O) groups excluding carboxylic acids is 1. The second-order valence-electron chi connectivity index (χ2n) is 6.58. The van der Waals surface area contributed by atoms with Gasteiger partial charge >= 0.3 is 6.09 Å².